The summed E-state index contributed by atoms with van der Waals surface area (Å²) >= 11 is 0. The molecule has 4 unspecified atom stereocenters. The van der Waals surface area contributed by atoms with Gasteiger partial charge in [-0.15, -0.1) is 0 Å². The van der Waals surface area contributed by atoms with Crippen molar-refractivity contribution in [2.24, 2.45) is 17.8 Å². The van der Waals surface area contributed by atoms with E-state index in [0.29, 0.717) is 6.04 Å². The maximum absolute atomic E-state index is 5.40. The Morgan fingerprint density at radius 1 is 1.10 bits per heavy atom. The van der Waals surface area contributed by atoms with Crippen molar-refractivity contribution in [2.75, 3.05) is 21.3 Å². The molecule has 3 nitrogen and oxygen atoms in total. The standard InChI is InChI=1S/C18H27NO2/c1-19-18(10-14-7-12-4-5-13(14)6-12)15-8-16(20-2)11-17(9-15)21-3/h8-9,11-14,18-19H,4-7,10H2,1-3H3. The van der Waals surface area contributed by atoms with Crippen LogP contribution >= 0.6 is 0 Å². The molecule has 0 aromatic heterocycles. The van der Waals surface area contributed by atoms with Crippen LogP contribution in [0.4, 0.5) is 0 Å². The fourth-order valence-corrected chi connectivity index (χ4v) is 4.42. The van der Waals surface area contributed by atoms with Gasteiger partial charge in [0.15, 0.2) is 0 Å². The zero-order valence-electron chi connectivity index (χ0n) is 13.4. The summed E-state index contributed by atoms with van der Waals surface area (Å²) in [5, 5.41) is 3.50. The monoisotopic (exact) mass is 289 g/mol. The van der Waals surface area contributed by atoms with Gasteiger partial charge in [0, 0.05) is 12.1 Å². The molecule has 1 aromatic carbocycles. The first-order valence-electron chi connectivity index (χ1n) is 8.13. The number of methoxy groups -OCH3 is 2. The van der Waals surface area contributed by atoms with Crippen molar-refractivity contribution in [1.29, 1.82) is 0 Å². The normalized spacial score (nSPS) is 28.6. The van der Waals surface area contributed by atoms with E-state index >= 15 is 0 Å². The van der Waals surface area contributed by atoms with E-state index in [1.54, 1.807) is 14.2 Å². The minimum absolute atomic E-state index is 0.387. The first-order valence-corrected chi connectivity index (χ1v) is 8.13. The Hall–Kier alpha value is -1.22. The molecule has 4 atom stereocenters. The van der Waals surface area contributed by atoms with Gasteiger partial charge in [0.2, 0.25) is 0 Å². The highest BCUT2D eigenvalue weighted by molar-refractivity contribution is 5.39. The third kappa shape index (κ3) is 3.03. The summed E-state index contributed by atoms with van der Waals surface area (Å²) in [5.41, 5.74) is 1.27. The summed E-state index contributed by atoms with van der Waals surface area (Å²) in [7, 11) is 5.48. The molecule has 0 radical (unpaired) electrons. The average Bonchev–Trinajstić information content (AvgIpc) is 3.14. The molecule has 2 saturated carbocycles. The van der Waals surface area contributed by atoms with E-state index in [9.17, 15) is 0 Å². The van der Waals surface area contributed by atoms with Gasteiger partial charge in [0.25, 0.3) is 0 Å². The van der Waals surface area contributed by atoms with Crippen molar-refractivity contribution in [2.45, 2.75) is 38.1 Å². The predicted molar refractivity (Wildman–Crippen MR) is 84.9 cm³/mol. The van der Waals surface area contributed by atoms with Gasteiger partial charge in [0.05, 0.1) is 14.2 Å². The Morgan fingerprint density at radius 2 is 1.81 bits per heavy atom. The fourth-order valence-electron chi connectivity index (χ4n) is 4.42. The molecule has 0 saturated heterocycles. The molecule has 0 amide bonds. The summed E-state index contributed by atoms with van der Waals surface area (Å²) in [6.07, 6.45) is 7.06. The quantitative estimate of drug-likeness (QED) is 0.864. The smallest absolute Gasteiger partial charge is 0.122 e. The molecule has 3 heteroatoms. The molecule has 0 spiro atoms. The molecular weight excluding hydrogens is 262 g/mol. The van der Waals surface area contributed by atoms with Gasteiger partial charge in [-0.2, -0.15) is 0 Å². The summed E-state index contributed by atoms with van der Waals surface area (Å²) < 4.78 is 10.8. The lowest BCUT2D eigenvalue weighted by Gasteiger charge is -2.27. The maximum Gasteiger partial charge on any atom is 0.122 e. The molecule has 2 aliphatic rings. The highest BCUT2D eigenvalue weighted by Gasteiger charge is 2.40. The van der Waals surface area contributed by atoms with E-state index < -0.39 is 0 Å². The van der Waals surface area contributed by atoms with E-state index in [1.807, 2.05) is 6.07 Å². The SMILES string of the molecule is CNC(CC1CC2CCC1C2)c1cc(OC)cc(OC)c1. The third-order valence-corrected chi connectivity index (χ3v) is 5.55. The van der Waals surface area contributed by atoms with Gasteiger partial charge >= 0.3 is 0 Å². The number of hydrogen-bond acceptors (Lipinski definition) is 3. The van der Waals surface area contributed by atoms with Gasteiger partial charge in [-0.25, -0.2) is 0 Å². The lowest BCUT2D eigenvalue weighted by molar-refractivity contribution is 0.283. The van der Waals surface area contributed by atoms with E-state index in [0.717, 1.165) is 29.3 Å². The minimum atomic E-state index is 0.387. The van der Waals surface area contributed by atoms with E-state index in [2.05, 4.69) is 24.5 Å². The van der Waals surface area contributed by atoms with Gasteiger partial charge in [-0.3, -0.25) is 0 Å². The van der Waals surface area contributed by atoms with Crippen molar-refractivity contribution in [3.8, 4) is 11.5 Å². The zero-order chi connectivity index (χ0) is 14.8. The van der Waals surface area contributed by atoms with Gasteiger partial charge in [-0.1, -0.05) is 6.42 Å². The second kappa shape index (κ2) is 6.27. The molecule has 3 rings (SSSR count). The summed E-state index contributed by atoms with van der Waals surface area (Å²) in [5.74, 6) is 4.61. The predicted octanol–water partition coefficient (Wildman–Crippen LogP) is 3.79. The van der Waals surface area contributed by atoms with Crippen LogP contribution in [-0.2, 0) is 0 Å². The van der Waals surface area contributed by atoms with E-state index in [4.69, 9.17) is 9.47 Å². The summed E-state index contributed by atoms with van der Waals surface area (Å²) in [6.45, 7) is 0. The van der Waals surface area contributed by atoms with Crippen molar-refractivity contribution >= 4 is 0 Å². The lowest BCUT2D eigenvalue weighted by Crippen LogP contribution is -2.22. The topological polar surface area (TPSA) is 30.5 Å². The molecule has 116 valence electrons. The second-order valence-electron chi connectivity index (χ2n) is 6.66. The number of benzene rings is 1. The van der Waals surface area contributed by atoms with Gasteiger partial charge in [0.1, 0.15) is 11.5 Å². The molecule has 2 fully saturated rings. The average molecular weight is 289 g/mol. The first kappa shape index (κ1) is 14.7. The van der Waals surface area contributed by atoms with Crippen molar-refractivity contribution in [1.82, 2.24) is 5.32 Å². The van der Waals surface area contributed by atoms with E-state index in [1.165, 1.54) is 37.7 Å². The van der Waals surface area contributed by atoms with Crippen LogP contribution in [0.15, 0.2) is 18.2 Å². The molecule has 2 bridgehead atoms. The Balaban J connectivity index is 1.76. The molecular formula is C18H27NO2. The molecule has 2 aliphatic carbocycles. The molecule has 1 N–H and O–H groups in total. The number of fused-ring (bicyclic) bond motifs is 2. The van der Waals surface area contributed by atoms with Crippen LogP contribution in [0.5, 0.6) is 11.5 Å². The molecule has 0 aliphatic heterocycles. The Bertz CT molecular complexity index is 466. The van der Waals surface area contributed by atoms with Crippen LogP contribution in [0.1, 0.15) is 43.7 Å². The third-order valence-electron chi connectivity index (χ3n) is 5.55. The van der Waals surface area contributed by atoms with E-state index in [-0.39, 0.29) is 0 Å². The Morgan fingerprint density at radius 3 is 2.29 bits per heavy atom. The Kier molecular flexibility index (Phi) is 4.39. The van der Waals surface area contributed by atoms with Crippen LogP contribution in [0.25, 0.3) is 0 Å². The largest absolute Gasteiger partial charge is 0.497 e. The van der Waals surface area contributed by atoms with Crippen LogP contribution in [0, 0.1) is 17.8 Å². The lowest BCUT2D eigenvalue weighted by atomic mass is 9.82. The number of rotatable bonds is 6. The van der Waals surface area contributed by atoms with Crippen molar-refractivity contribution in [3.05, 3.63) is 23.8 Å². The Labute approximate surface area is 128 Å². The van der Waals surface area contributed by atoms with Crippen LogP contribution < -0.4 is 14.8 Å². The summed E-state index contributed by atoms with van der Waals surface area (Å²) in [6, 6.07) is 6.60. The molecule has 0 heterocycles. The molecule has 21 heavy (non-hydrogen) atoms. The highest BCUT2D eigenvalue weighted by atomic mass is 16.5. The number of nitrogens with one attached hydrogen (secondary N) is 1. The van der Waals surface area contributed by atoms with Crippen molar-refractivity contribution in [3.63, 3.8) is 0 Å². The summed E-state index contributed by atoms with van der Waals surface area (Å²) in [4.78, 5) is 0. The highest BCUT2D eigenvalue weighted by Crippen LogP contribution is 2.51. The fraction of sp³-hybridized carbons (Fsp3) is 0.667. The number of hydrogen-bond donors (Lipinski definition) is 1. The zero-order valence-corrected chi connectivity index (χ0v) is 13.4. The molecule has 1 aromatic rings. The van der Waals surface area contributed by atoms with Crippen LogP contribution in [0.3, 0.4) is 0 Å². The second-order valence-corrected chi connectivity index (χ2v) is 6.66. The number of ether oxygens (including phenoxy) is 2. The van der Waals surface area contributed by atoms with Crippen LogP contribution in [0.2, 0.25) is 0 Å². The van der Waals surface area contributed by atoms with Crippen molar-refractivity contribution < 1.29 is 9.47 Å². The van der Waals surface area contributed by atoms with Crippen LogP contribution in [-0.4, -0.2) is 21.3 Å². The maximum atomic E-state index is 5.40. The van der Waals surface area contributed by atoms with Gasteiger partial charge < -0.3 is 14.8 Å². The van der Waals surface area contributed by atoms with Gasteiger partial charge in [-0.05, 0) is 68.2 Å². The first-order chi connectivity index (χ1) is 10.2. The minimum Gasteiger partial charge on any atom is -0.497 e.